The third-order valence-electron chi connectivity index (χ3n) is 17.9. The van der Waals surface area contributed by atoms with E-state index in [0.29, 0.717) is 126 Å². The number of carbonyl (C=O) groups excluding carboxylic acids is 11. The molecule has 104 heavy (non-hydrogen) atoms. The summed E-state index contributed by atoms with van der Waals surface area (Å²) in [6.45, 7) is 3.62. The number of halogens is 1. The Kier molecular flexibility index (Phi) is 45.2. The van der Waals surface area contributed by atoms with Crippen LogP contribution in [0.3, 0.4) is 0 Å². The van der Waals surface area contributed by atoms with Crippen LogP contribution in [0.2, 0.25) is 5.02 Å². The molecule has 0 saturated heterocycles. The summed E-state index contributed by atoms with van der Waals surface area (Å²) in [7, 11) is 0. The van der Waals surface area contributed by atoms with Gasteiger partial charge in [-0.3, -0.25) is 52.7 Å². The SMILES string of the molecule is C[C@H](NC(=O)[C@H](CCCCN)NC(=O)[C@@H](N)Cc1ccc(Cl)cc1)C(=O)N[C@@H](CCCCN)C(=O)N[C@@H](CCCCN)C(=O)N[C@@H](CCCCN)C(=O)N[C@@H](CCCCN)C(=O)N[C@@H](CCCCN)C(=O)N[C@@H](CCCCN)C(=O)N[C@@H](Cc1c[nH]c2ccccc12)C(=O)N[C@@H](CCCCN)C(N)=O. The molecule has 0 unspecified atom stereocenters. The van der Waals surface area contributed by atoms with E-state index < -0.39 is 131 Å². The molecular formula is C71H122ClN21O11. The zero-order chi connectivity index (χ0) is 76.8. The number of aromatic amines is 1. The fourth-order valence-electron chi connectivity index (χ4n) is 11.7. The van der Waals surface area contributed by atoms with Gasteiger partial charge in [-0.1, -0.05) is 41.9 Å². The van der Waals surface area contributed by atoms with Gasteiger partial charge in [0.1, 0.15) is 60.4 Å². The molecule has 31 N–H and O–H groups in total. The van der Waals surface area contributed by atoms with E-state index in [0.717, 1.165) is 16.5 Å². The number of fused-ring (bicyclic) bond motifs is 1. The first kappa shape index (κ1) is 90.3. The highest BCUT2D eigenvalue weighted by atomic mass is 35.5. The average Bonchev–Trinajstić information content (AvgIpc) is 1.67. The normalized spacial score (nSPS) is 14.5. The maximum absolute atomic E-state index is 14.8. The van der Waals surface area contributed by atoms with Gasteiger partial charge in [-0.05, 0) is 249 Å². The highest BCUT2D eigenvalue weighted by Crippen LogP contribution is 2.21. The van der Waals surface area contributed by atoms with Crippen LogP contribution in [0.1, 0.15) is 172 Å². The molecule has 1 heterocycles. The van der Waals surface area contributed by atoms with Crippen molar-refractivity contribution in [1.29, 1.82) is 0 Å². The third-order valence-corrected chi connectivity index (χ3v) is 18.1. The van der Waals surface area contributed by atoms with Crippen LogP contribution in [-0.4, -0.2) is 189 Å². The first-order valence-electron chi connectivity index (χ1n) is 37.0. The maximum atomic E-state index is 14.8. The number of benzene rings is 2. The van der Waals surface area contributed by atoms with Gasteiger partial charge in [0.25, 0.3) is 0 Å². The second-order valence-corrected chi connectivity index (χ2v) is 26.9. The summed E-state index contributed by atoms with van der Waals surface area (Å²) in [4.78, 5) is 159. The van der Waals surface area contributed by atoms with Crippen LogP contribution < -0.4 is 111 Å². The monoisotopic (exact) mass is 1480 g/mol. The van der Waals surface area contributed by atoms with Crippen LogP contribution in [0.15, 0.2) is 54.7 Å². The van der Waals surface area contributed by atoms with Crippen molar-refractivity contribution in [1.82, 2.24) is 58.2 Å². The molecule has 33 heteroatoms. The number of unbranched alkanes of at least 4 members (excludes halogenated alkanes) is 8. The average molecular weight is 1480 g/mol. The van der Waals surface area contributed by atoms with Crippen molar-refractivity contribution in [3.8, 4) is 0 Å². The van der Waals surface area contributed by atoms with E-state index in [2.05, 4.69) is 58.2 Å². The van der Waals surface area contributed by atoms with Gasteiger partial charge in [0.05, 0.1) is 6.04 Å². The molecule has 0 bridgehead atoms. The summed E-state index contributed by atoms with van der Waals surface area (Å²) in [5.41, 5.74) is 61.0. The van der Waals surface area contributed by atoms with Gasteiger partial charge >= 0.3 is 0 Å². The molecule has 3 aromatic rings. The quantitative estimate of drug-likeness (QED) is 0.0281. The van der Waals surface area contributed by atoms with E-state index >= 15 is 0 Å². The Labute approximate surface area is 616 Å². The zero-order valence-corrected chi connectivity index (χ0v) is 61.5. The maximum Gasteiger partial charge on any atom is 0.243 e. The lowest BCUT2D eigenvalue weighted by molar-refractivity contribution is -0.136. The highest BCUT2D eigenvalue weighted by molar-refractivity contribution is 6.30. The molecule has 0 saturated carbocycles. The second-order valence-electron chi connectivity index (χ2n) is 26.5. The number of hydrogen-bond donors (Lipinski definition) is 21. The van der Waals surface area contributed by atoms with Crippen molar-refractivity contribution in [3.05, 3.63) is 70.9 Å². The lowest BCUT2D eigenvalue weighted by atomic mass is 10.0. The van der Waals surface area contributed by atoms with Crippen molar-refractivity contribution >= 4 is 87.5 Å². The summed E-state index contributed by atoms with van der Waals surface area (Å²) in [5, 5.41) is 29.0. The minimum atomic E-state index is -1.31. The predicted molar refractivity (Wildman–Crippen MR) is 403 cm³/mol. The Morgan fingerprint density at radius 1 is 0.346 bits per heavy atom. The number of H-pyrrole nitrogens is 1. The Morgan fingerprint density at radius 2 is 0.625 bits per heavy atom. The number of aromatic nitrogens is 1. The Balaban J connectivity index is 1.93. The lowest BCUT2D eigenvalue weighted by Gasteiger charge is -2.28. The largest absolute Gasteiger partial charge is 0.368 e. The molecule has 0 radical (unpaired) electrons. The second kappa shape index (κ2) is 52.1. The number of hydrogen-bond acceptors (Lipinski definition) is 20. The smallest absolute Gasteiger partial charge is 0.243 e. The molecular weight excluding hydrogens is 1360 g/mol. The van der Waals surface area contributed by atoms with Crippen molar-refractivity contribution in [3.63, 3.8) is 0 Å². The number of para-hydroxylation sites is 1. The minimum absolute atomic E-state index is 0.0329. The van der Waals surface area contributed by atoms with E-state index in [1.54, 1.807) is 30.5 Å². The molecule has 32 nitrogen and oxygen atoms in total. The molecule has 0 aliphatic carbocycles. The van der Waals surface area contributed by atoms with Gasteiger partial charge in [-0.15, -0.1) is 0 Å². The van der Waals surface area contributed by atoms with Crippen LogP contribution in [0.5, 0.6) is 0 Å². The standard InChI is InChI=1S/C71H122ClN21O11/c1-45(84-64(97)53(23-5-13-35-74)87-63(96)50(81)42-46-30-32-48(72)33-31-46)62(95)86-54(24-6-14-36-75)65(98)88-55(25-7-15-37-76)66(99)89-56(26-8-16-38-77)67(100)90-57(27-9-17-39-78)68(101)91-58(28-10-18-40-79)69(102)92-59(29-11-19-41-80)70(103)93-60(43-47-44-83-51-21-3-2-20-49(47)51)71(104)85-52(61(82)94)22-4-12-34-73/h2-3,20-21,30-33,44-45,50,52-60,83H,4-19,22-29,34-43,73-81H2,1H3,(H2,82,94)(H,84,97)(H,85,104)(H,86,95)(H,87,96)(H,88,98)(H,89,99)(H,90,100)(H,91,101)(H,92,102)(H,93,103)/t45-,50-,52-,53-,54-,55-,56-,57-,58-,59-,60-/m0/s1. The Hall–Kier alpha value is -7.92. The Bertz CT molecular complexity index is 3090. The number of rotatable bonds is 57. The van der Waals surface area contributed by atoms with Crippen LogP contribution in [0, 0.1) is 0 Å². The molecule has 0 aliphatic heterocycles. The molecule has 0 fully saturated rings. The summed E-state index contributed by atoms with van der Waals surface area (Å²) in [6, 6.07) is 0.722. The predicted octanol–water partition coefficient (Wildman–Crippen LogP) is -1.68. The van der Waals surface area contributed by atoms with E-state index in [-0.39, 0.29) is 103 Å². The summed E-state index contributed by atoms with van der Waals surface area (Å²) >= 11 is 6.03. The van der Waals surface area contributed by atoms with E-state index in [1.165, 1.54) is 6.92 Å². The van der Waals surface area contributed by atoms with Crippen molar-refractivity contribution < 1.29 is 52.7 Å². The van der Waals surface area contributed by atoms with Gasteiger partial charge in [-0.25, -0.2) is 0 Å². The van der Waals surface area contributed by atoms with Gasteiger partial charge in [-0.2, -0.15) is 0 Å². The van der Waals surface area contributed by atoms with Crippen molar-refractivity contribution in [2.45, 2.75) is 240 Å². The highest BCUT2D eigenvalue weighted by Gasteiger charge is 2.36. The molecule has 0 aliphatic rings. The molecule has 3 rings (SSSR count). The fourth-order valence-corrected chi connectivity index (χ4v) is 11.8. The number of nitrogens with two attached hydrogens (primary N) is 10. The van der Waals surface area contributed by atoms with Crippen molar-refractivity contribution in [2.24, 2.45) is 57.3 Å². The Morgan fingerprint density at radius 3 is 0.962 bits per heavy atom. The van der Waals surface area contributed by atoms with Gasteiger partial charge in [0, 0.05) is 28.5 Å². The van der Waals surface area contributed by atoms with Crippen LogP contribution >= 0.6 is 11.6 Å². The number of primary amides is 1. The van der Waals surface area contributed by atoms with E-state index in [9.17, 15) is 52.7 Å². The summed E-state index contributed by atoms with van der Waals surface area (Å²) in [6.07, 6.45) is 9.40. The van der Waals surface area contributed by atoms with Gasteiger partial charge < -0.3 is 115 Å². The zero-order valence-electron chi connectivity index (χ0n) is 60.7. The van der Waals surface area contributed by atoms with Crippen molar-refractivity contribution in [2.75, 3.05) is 52.4 Å². The topological polar surface area (TPSA) is 584 Å². The van der Waals surface area contributed by atoms with Crippen LogP contribution in [-0.2, 0) is 65.6 Å². The van der Waals surface area contributed by atoms with Crippen LogP contribution in [0.25, 0.3) is 10.9 Å². The van der Waals surface area contributed by atoms with E-state index in [1.807, 2.05) is 24.3 Å². The molecule has 2 aromatic carbocycles. The summed E-state index contributed by atoms with van der Waals surface area (Å²) in [5.74, 6) is -8.07. The van der Waals surface area contributed by atoms with Crippen LogP contribution in [0.4, 0.5) is 0 Å². The molecule has 1 aromatic heterocycles. The number of nitrogens with one attached hydrogen (secondary N) is 11. The van der Waals surface area contributed by atoms with Gasteiger partial charge in [0.15, 0.2) is 0 Å². The van der Waals surface area contributed by atoms with Gasteiger partial charge in [0.2, 0.25) is 65.0 Å². The lowest BCUT2D eigenvalue weighted by Crippen LogP contribution is -2.60. The minimum Gasteiger partial charge on any atom is -0.368 e. The number of carbonyl (C=O) groups is 11. The first-order valence-corrected chi connectivity index (χ1v) is 37.4. The molecule has 11 atom stereocenters. The number of amides is 11. The third kappa shape index (κ3) is 34.3. The first-order chi connectivity index (χ1) is 50.0. The molecule has 584 valence electrons. The fraction of sp³-hybridized carbons (Fsp3) is 0.648. The van der Waals surface area contributed by atoms with E-state index in [4.69, 9.17) is 68.9 Å². The molecule has 0 spiro atoms. The molecule has 11 amide bonds. The summed E-state index contributed by atoms with van der Waals surface area (Å²) < 4.78 is 0.